The van der Waals surface area contributed by atoms with Crippen LogP contribution in [0.4, 0.5) is 23.1 Å². The number of piperidine rings is 1. The second kappa shape index (κ2) is 8.16. The molecule has 1 aliphatic carbocycles. The molecule has 0 spiro atoms. The normalized spacial score (nSPS) is 18.4. The molecule has 3 heterocycles. The summed E-state index contributed by atoms with van der Waals surface area (Å²) in [5.74, 6) is 1.58. The molecular weight excluding hydrogens is 382 g/mol. The van der Waals surface area contributed by atoms with Gasteiger partial charge in [-0.2, -0.15) is 4.98 Å². The number of hydrogen-bond donors (Lipinski definition) is 3. The van der Waals surface area contributed by atoms with Crippen LogP contribution in [0.15, 0.2) is 35.7 Å². The highest BCUT2D eigenvalue weighted by molar-refractivity contribution is 7.17. The molecule has 0 atom stereocenters. The molecular formula is C22H27N5OS. The largest absolute Gasteiger partial charge is 0.393 e. The molecule has 0 amide bonds. The number of nitrogens with zero attached hydrogens (tertiary/aromatic N) is 3. The molecule has 0 radical (unpaired) electrons. The van der Waals surface area contributed by atoms with E-state index in [1.165, 1.54) is 31.4 Å². The SMILES string of the molecule is OC1CCN(c2ccc(Nc3nc(NC4CCCC4)c4sccc4n3)cc2)CC1. The third-order valence-electron chi connectivity index (χ3n) is 5.95. The Bertz CT molecular complexity index is 959. The molecule has 7 heteroatoms. The van der Waals surface area contributed by atoms with Gasteiger partial charge in [-0.3, -0.25) is 0 Å². The Labute approximate surface area is 175 Å². The van der Waals surface area contributed by atoms with Gasteiger partial charge in [0.1, 0.15) is 5.82 Å². The van der Waals surface area contributed by atoms with Crippen molar-refractivity contribution < 1.29 is 5.11 Å². The molecule has 3 N–H and O–H groups in total. The summed E-state index contributed by atoms with van der Waals surface area (Å²) in [6.07, 6.45) is 6.55. The number of thiophene rings is 1. The molecule has 6 nitrogen and oxygen atoms in total. The summed E-state index contributed by atoms with van der Waals surface area (Å²) in [6, 6.07) is 11.0. The molecule has 1 saturated carbocycles. The highest BCUT2D eigenvalue weighted by Crippen LogP contribution is 2.31. The van der Waals surface area contributed by atoms with Gasteiger partial charge in [0.15, 0.2) is 0 Å². The van der Waals surface area contributed by atoms with Crippen LogP contribution in [-0.2, 0) is 0 Å². The van der Waals surface area contributed by atoms with Gasteiger partial charge in [0.25, 0.3) is 0 Å². The van der Waals surface area contributed by atoms with Crippen LogP contribution in [-0.4, -0.2) is 40.3 Å². The van der Waals surface area contributed by atoms with E-state index in [1.807, 2.05) is 0 Å². The maximum atomic E-state index is 9.70. The summed E-state index contributed by atoms with van der Waals surface area (Å²) in [4.78, 5) is 11.8. The maximum absolute atomic E-state index is 9.70. The number of aliphatic hydroxyl groups is 1. The minimum atomic E-state index is -0.150. The van der Waals surface area contributed by atoms with Gasteiger partial charge in [0.2, 0.25) is 5.95 Å². The van der Waals surface area contributed by atoms with E-state index in [-0.39, 0.29) is 6.10 Å². The first-order valence-electron chi connectivity index (χ1n) is 10.6. The lowest BCUT2D eigenvalue weighted by molar-refractivity contribution is 0.145. The van der Waals surface area contributed by atoms with E-state index in [2.05, 4.69) is 51.2 Å². The monoisotopic (exact) mass is 409 g/mol. The molecule has 3 aromatic rings. The Kier molecular flexibility index (Phi) is 5.24. The van der Waals surface area contributed by atoms with Gasteiger partial charge < -0.3 is 20.6 Å². The average Bonchev–Trinajstić information content (AvgIpc) is 3.41. The van der Waals surface area contributed by atoms with E-state index in [4.69, 9.17) is 9.97 Å². The second-order valence-electron chi connectivity index (χ2n) is 8.05. The van der Waals surface area contributed by atoms with Gasteiger partial charge in [-0.15, -0.1) is 11.3 Å². The summed E-state index contributed by atoms with van der Waals surface area (Å²) >= 11 is 1.69. The molecule has 2 aromatic heterocycles. The number of hydrogen-bond acceptors (Lipinski definition) is 7. The predicted octanol–water partition coefficient (Wildman–Crippen LogP) is 4.75. The zero-order valence-corrected chi connectivity index (χ0v) is 17.3. The molecule has 5 rings (SSSR count). The topological polar surface area (TPSA) is 73.3 Å². The zero-order chi connectivity index (χ0) is 19.6. The van der Waals surface area contributed by atoms with Gasteiger partial charge in [0, 0.05) is 30.5 Å². The minimum Gasteiger partial charge on any atom is -0.393 e. The number of anilines is 4. The van der Waals surface area contributed by atoms with Crippen LogP contribution in [0.25, 0.3) is 10.2 Å². The van der Waals surface area contributed by atoms with Crippen molar-refractivity contribution in [1.82, 2.24) is 9.97 Å². The van der Waals surface area contributed by atoms with E-state index in [0.717, 1.165) is 47.7 Å². The highest BCUT2D eigenvalue weighted by atomic mass is 32.1. The number of aliphatic hydroxyl groups excluding tert-OH is 1. The zero-order valence-electron chi connectivity index (χ0n) is 16.5. The fourth-order valence-electron chi connectivity index (χ4n) is 4.29. The van der Waals surface area contributed by atoms with Crippen molar-refractivity contribution in [2.45, 2.75) is 50.7 Å². The van der Waals surface area contributed by atoms with Crippen LogP contribution in [0.2, 0.25) is 0 Å². The van der Waals surface area contributed by atoms with Gasteiger partial charge in [-0.05, 0) is 61.4 Å². The molecule has 0 unspecified atom stereocenters. The van der Waals surface area contributed by atoms with Crippen molar-refractivity contribution >= 4 is 44.7 Å². The van der Waals surface area contributed by atoms with Crippen LogP contribution in [0, 0.1) is 0 Å². The quantitative estimate of drug-likeness (QED) is 0.565. The Morgan fingerprint density at radius 1 is 0.966 bits per heavy atom. The van der Waals surface area contributed by atoms with Crippen LogP contribution in [0.5, 0.6) is 0 Å². The van der Waals surface area contributed by atoms with Crippen molar-refractivity contribution in [1.29, 1.82) is 0 Å². The van der Waals surface area contributed by atoms with E-state index >= 15 is 0 Å². The molecule has 152 valence electrons. The van der Waals surface area contributed by atoms with Crippen molar-refractivity contribution in [2.75, 3.05) is 28.6 Å². The van der Waals surface area contributed by atoms with Crippen LogP contribution >= 0.6 is 11.3 Å². The number of nitrogens with one attached hydrogen (secondary N) is 2. The van der Waals surface area contributed by atoms with Gasteiger partial charge in [-0.1, -0.05) is 12.8 Å². The van der Waals surface area contributed by atoms with Gasteiger partial charge >= 0.3 is 0 Å². The smallest absolute Gasteiger partial charge is 0.229 e. The Morgan fingerprint density at radius 3 is 2.48 bits per heavy atom. The fourth-order valence-corrected chi connectivity index (χ4v) is 5.07. The molecule has 2 aliphatic rings. The number of fused-ring (bicyclic) bond motifs is 1. The second-order valence-corrected chi connectivity index (χ2v) is 8.96. The summed E-state index contributed by atoms with van der Waals surface area (Å²) in [7, 11) is 0. The van der Waals surface area contributed by atoms with Crippen LogP contribution < -0.4 is 15.5 Å². The summed E-state index contributed by atoms with van der Waals surface area (Å²) in [5, 5.41) is 18.8. The number of aromatic nitrogens is 2. The third kappa shape index (κ3) is 4.16. The molecule has 1 aromatic carbocycles. The standard InChI is InChI=1S/C22H27N5OS/c28-18-9-12-27(13-10-18)17-7-5-16(6-8-17)24-22-25-19-11-14-29-20(19)21(26-22)23-15-3-1-2-4-15/h5-8,11,14-15,18,28H,1-4,9-10,12-13H2,(H2,23,24,25,26). The Hall–Kier alpha value is -2.38. The van der Waals surface area contributed by atoms with Crippen molar-refractivity contribution in [3.63, 3.8) is 0 Å². The van der Waals surface area contributed by atoms with Gasteiger partial charge in [0.05, 0.1) is 16.3 Å². The Morgan fingerprint density at radius 2 is 1.72 bits per heavy atom. The lowest BCUT2D eigenvalue weighted by Gasteiger charge is -2.31. The maximum Gasteiger partial charge on any atom is 0.229 e. The fraction of sp³-hybridized carbons (Fsp3) is 0.455. The third-order valence-corrected chi connectivity index (χ3v) is 6.86. The predicted molar refractivity (Wildman–Crippen MR) is 120 cm³/mol. The first-order valence-corrected chi connectivity index (χ1v) is 11.4. The van der Waals surface area contributed by atoms with E-state index in [9.17, 15) is 5.11 Å². The van der Waals surface area contributed by atoms with E-state index in [1.54, 1.807) is 11.3 Å². The minimum absolute atomic E-state index is 0.150. The lowest BCUT2D eigenvalue weighted by Crippen LogP contribution is -2.35. The van der Waals surface area contributed by atoms with E-state index in [0.29, 0.717) is 12.0 Å². The highest BCUT2D eigenvalue weighted by Gasteiger charge is 2.19. The lowest BCUT2D eigenvalue weighted by atomic mass is 10.1. The molecule has 2 fully saturated rings. The average molecular weight is 410 g/mol. The molecule has 29 heavy (non-hydrogen) atoms. The molecule has 1 aliphatic heterocycles. The number of rotatable bonds is 5. The molecule has 1 saturated heterocycles. The molecule has 0 bridgehead atoms. The van der Waals surface area contributed by atoms with E-state index < -0.39 is 0 Å². The summed E-state index contributed by atoms with van der Waals surface area (Å²) in [6.45, 7) is 1.81. The first-order chi connectivity index (χ1) is 14.2. The van der Waals surface area contributed by atoms with Crippen LogP contribution in [0.3, 0.4) is 0 Å². The Balaban J connectivity index is 1.33. The summed E-state index contributed by atoms with van der Waals surface area (Å²) in [5.41, 5.74) is 3.16. The number of benzene rings is 1. The summed E-state index contributed by atoms with van der Waals surface area (Å²) < 4.78 is 1.13. The van der Waals surface area contributed by atoms with Crippen molar-refractivity contribution in [3.05, 3.63) is 35.7 Å². The first kappa shape index (κ1) is 18.6. The van der Waals surface area contributed by atoms with Gasteiger partial charge in [-0.25, -0.2) is 4.98 Å². The van der Waals surface area contributed by atoms with Crippen molar-refractivity contribution in [3.8, 4) is 0 Å². The van der Waals surface area contributed by atoms with Crippen LogP contribution in [0.1, 0.15) is 38.5 Å². The van der Waals surface area contributed by atoms with Crippen molar-refractivity contribution in [2.24, 2.45) is 0 Å².